The summed E-state index contributed by atoms with van der Waals surface area (Å²) in [5, 5.41) is 3.67. The number of amidine groups is 1. The van der Waals surface area contributed by atoms with Crippen LogP contribution >= 0.6 is 15.9 Å². The van der Waals surface area contributed by atoms with Crippen molar-refractivity contribution in [3.8, 4) is 17.2 Å². The molecule has 4 aromatic rings. The maximum Gasteiger partial charge on any atom is 0.283 e. The lowest BCUT2D eigenvalue weighted by atomic mass is 10.1. The van der Waals surface area contributed by atoms with E-state index >= 15 is 0 Å². The Morgan fingerprint density at radius 1 is 0.694 bits per heavy atom. The number of nitrogens with zero attached hydrogens (tertiary/aromatic N) is 1. The molecule has 4 rings (SSSR count). The van der Waals surface area contributed by atoms with E-state index in [1.165, 1.54) is 11.1 Å². The van der Waals surface area contributed by atoms with E-state index in [0.717, 1.165) is 21.6 Å². The molecule has 0 bridgehead atoms. The first-order valence-electron chi connectivity index (χ1n) is 11.6. The SMILES string of the molecule is COc1cc(C(Nc2ccc(Br)cc2)=[N+](Cc2ccccc2)Cc2ccccc2)cc(OC)c1OC. The molecule has 184 valence electrons. The molecule has 0 unspecified atom stereocenters. The summed E-state index contributed by atoms with van der Waals surface area (Å²) >= 11 is 3.54. The summed E-state index contributed by atoms with van der Waals surface area (Å²) in [5.74, 6) is 2.68. The van der Waals surface area contributed by atoms with Crippen molar-refractivity contribution in [1.82, 2.24) is 0 Å². The molecule has 4 aromatic carbocycles. The Morgan fingerprint density at radius 3 is 1.64 bits per heavy atom. The van der Waals surface area contributed by atoms with Crippen LogP contribution in [-0.4, -0.2) is 31.7 Å². The van der Waals surface area contributed by atoms with Gasteiger partial charge in [0, 0.05) is 4.47 Å². The largest absolute Gasteiger partial charge is 0.493 e. The molecule has 0 atom stereocenters. The van der Waals surface area contributed by atoms with Crippen LogP contribution in [0.5, 0.6) is 17.2 Å². The fourth-order valence-corrected chi connectivity index (χ4v) is 4.31. The molecule has 0 aliphatic heterocycles. The molecule has 0 fully saturated rings. The van der Waals surface area contributed by atoms with E-state index in [-0.39, 0.29) is 0 Å². The van der Waals surface area contributed by atoms with Gasteiger partial charge in [0.05, 0.1) is 26.9 Å². The van der Waals surface area contributed by atoms with Gasteiger partial charge in [-0.15, -0.1) is 0 Å². The van der Waals surface area contributed by atoms with Gasteiger partial charge in [-0.2, -0.15) is 0 Å². The Morgan fingerprint density at radius 2 is 1.19 bits per heavy atom. The summed E-state index contributed by atoms with van der Waals surface area (Å²) in [5.41, 5.74) is 4.29. The molecule has 6 heteroatoms. The predicted molar refractivity (Wildman–Crippen MR) is 149 cm³/mol. The highest BCUT2D eigenvalue weighted by Crippen LogP contribution is 2.38. The molecule has 0 aromatic heterocycles. The summed E-state index contributed by atoms with van der Waals surface area (Å²) in [6, 6.07) is 33.0. The average Bonchev–Trinajstić information content (AvgIpc) is 2.92. The lowest BCUT2D eigenvalue weighted by Crippen LogP contribution is -2.29. The lowest BCUT2D eigenvalue weighted by Gasteiger charge is -2.17. The summed E-state index contributed by atoms with van der Waals surface area (Å²) in [7, 11) is 4.88. The molecule has 0 aliphatic carbocycles. The van der Waals surface area contributed by atoms with Crippen molar-refractivity contribution in [3.05, 3.63) is 118 Å². The molecule has 0 aliphatic rings. The Bertz CT molecular complexity index is 1240. The van der Waals surface area contributed by atoms with E-state index in [1.807, 2.05) is 48.5 Å². The third-order valence-electron chi connectivity index (χ3n) is 5.79. The van der Waals surface area contributed by atoms with Gasteiger partial charge in [-0.05, 0) is 47.5 Å². The van der Waals surface area contributed by atoms with Crippen molar-refractivity contribution in [2.45, 2.75) is 13.1 Å². The maximum atomic E-state index is 5.68. The average molecular weight is 546 g/mol. The second kappa shape index (κ2) is 12.3. The van der Waals surface area contributed by atoms with E-state index in [2.05, 4.69) is 74.4 Å². The highest BCUT2D eigenvalue weighted by atomic mass is 79.9. The fourth-order valence-electron chi connectivity index (χ4n) is 4.04. The number of rotatable bonds is 9. The maximum absolute atomic E-state index is 5.68. The molecule has 5 nitrogen and oxygen atoms in total. The van der Waals surface area contributed by atoms with Crippen LogP contribution in [0.4, 0.5) is 5.69 Å². The number of halogens is 1. The van der Waals surface area contributed by atoms with Gasteiger partial charge in [0.25, 0.3) is 5.84 Å². The molecule has 1 N–H and O–H groups in total. The van der Waals surface area contributed by atoms with Crippen LogP contribution in [0.1, 0.15) is 16.7 Å². The summed E-state index contributed by atoms with van der Waals surface area (Å²) in [6.07, 6.45) is 0. The van der Waals surface area contributed by atoms with Gasteiger partial charge in [0.15, 0.2) is 11.5 Å². The summed E-state index contributed by atoms with van der Waals surface area (Å²) in [4.78, 5) is 0. The molecule has 0 saturated carbocycles. The van der Waals surface area contributed by atoms with E-state index < -0.39 is 0 Å². The van der Waals surface area contributed by atoms with Crippen LogP contribution in [0.3, 0.4) is 0 Å². The summed E-state index contributed by atoms with van der Waals surface area (Å²) < 4.78 is 20.3. The highest BCUT2D eigenvalue weighted by Gasteiger charge is 2.23. The Hall–Kier alpha value is -3.77. The first kappa shape index (κ1) is 25.3. The smallest absolute Gasteiger partial charge is 0.283 e. The number of ether oxygens (including phenoxy) is 3. The molecule has 36 heavy (non-hydrogen) atoms. The Kier molecular flexibility index (Phi) is 8.63. The number of anilines is 1. The van der Waals surface area contributed by atoms with Gasteiger partial charge in [0.2, 0.25) is 5.75 Å². The molecule has 0 spiro atoms. The minimum atomic E-state index is 0.560. The van der Waals surface area contributed by atoms with Crippen LogP contribution in [0, 0.1) is 0 Å². The Labute approximate surface area is 221 Å². The monoisotopic (exact) mass is 545 g/mol. The molecule has 0 heterocycles. The zero-order chi connectivity index (χ0) is 25.3. The molecular formula is C30H30BrN2O3+. The van der Waals surface area contributed by atoms with Gasteiger partial charge >= 0.3 is 0 Å². The third kappa shape index (κ3) is 6.26. The molecule has 0 saturated heterocycles. The summed E-state index contributed by atoms with van der Waals surface area (Å²) in [6.45, 7) is 1.40. The van der Waals surface area contributed by atoms with E-state index in [4.69, 9.17) is 14.2 Å². The van der Waals surface area contributed by atoms with Gasteiger partial charge in [-0.25, -0.2) is 5.32 Å². The van der Waals surface area contributed by atoms with Gasteiger partial charge in [-0.1, -0.05) is 76.6 Å². The normalized spacial score (nSPS) is 10.4. The first-order valence-corrected chi connectivity index (χ1v) is 12.4. The standard InChI is InChI=1S/C30H29BrN2O3/c1-34-27-18-24(19-28(35-2)29(27)36-3)30(32-26-16-14-25(31)15-17-26)33(20-22-10-6-4-7-11-22)21-23-12-8-5-9-13-23/h4-19H,20-21H2,1-3H3/p+1. The zero-order valence-electron chi connectivity index (χ0n) is 20.7. The lowest BCUT2D eigenvalue weighted by molar-refractivity contribution is -0.559. The van der Waals surface area contributed by atoms with Crippen molar-refractivity contribution < 1.29 is 18.8 Å². The topological polar surface area (TPSA) is 42.7 Å². The van der Waals surface area contributed by atoms with Gasteiger partial charge in [0.1, 0.15) is 18.8 Å². The van der Waals surface area contributed by atoms with Crippen LogP contribution < -0.4 is 19.5 Å². The number of hydrogen-bond donors (Lipinski definition) is 1. The molecular weight excluding hydrogens is 516 g/mol. The first-order chi connectivity index (χ1) is 17.6. The van der Waals surface area contributed by atoms with E-state index in [1.54, 1.807) is 21.3 Å². The van der Waals surface area contributed by atoms with Crippen molar-refractivity contribution in [2.24, 2.45) is 0 Å². The molecule has 0 amide bonds. The van der Waals surface area contributed by atoms with Crippen molar-refractivity contribution in [3.63, 3.8) is 0 Å². The van der Waals surface area contributed by atoms with Gasteiger partial charge < -0.3 is 14.2 Å². The highest BCUT2D eigenvalue weighted by molar-refractivity contribution is 9.10. The predicted octanol–water partition coefficient (Wildman–Crippen LogP) is 6.75. The second-order valence-corrected chi connectivity index (χ2v) is 9.14. The van der Waals surface area contributed by atoms with E-state index in [0.29, 0.717) is 30.3 Å². The Balaban J connectivity index is 1.92. The van der Waals surface area contributed by atoms with Gasteiger partial charge in [-0.3, -0.25) is 4.58 Å². The molecule has 0 radical (unpaired) electrons. The zero-order valence-corrected chi connectivity index (χ0v) is 22.3. The number of hydrogen-bond acceptors (Lipinski definition) is 3. The van der Waals surface area contributed by atoms with Crippen LogP contribution in [-0.2, 0) is 13.1 Å². The third-order valence-corrected chi connectivity index (χ3v) is 6.32. The minimum absolute atomic E-state index is 0.560. The number of benzene rings is 4. The van der Waals surface area contributed by atoms with Crippen LogP contribution in [0.15, 0.2) is 102 Å². The van der Waals surface area contributed by atoms with Crippen molar-refractivity contribution in [2.75, 3.05) is 26.6 Å². The number of nitrogens with one attached hydrogen (secondary N) is 1. The minimum Gasteiger partial charge on any atom is -0.493 e. The quantitative estimate of drug-likeness (QED) is 0.143. The van der Waals surface area contributed by atoms with E-state index in [9.17, 15) is 0 Å². The second-order valence-electron chi connectivity index (χ2n) is 8.22. The van der Waals surface area contributed by atoms with Crippen molar-refractivity contribution >= 4 is 27.5 Å². The van der Waals surface area contributed by atoms with Crippen LogP contribution in [0.2, 0.25) is 0 Å². The van der Waals surface area contributed by atoms with Crippen LogP contribution in [0.25, 0.3) is 0 Å². The number of methoxy groups -OCH3 is 3. The fraction of sp³-hybridized carbons (Fsp3) is 0.167. The van der Waals surface area contributed by atoms with Crippen molar-refractivity contribution in [1.29, 1.82) is 0 Å².